The Morgan fingerprint density at radius 1 is 0.704 bits per heavy atom. The summed E-state index contributed by atoms with van der Waals surface area (Å²) in [7, 11) is 0. The Bertz CT molecular complexity index is 805. The molecule has 0 aliphatic carbocycles. The predicted octanol–water partition coefficient (Wildman–Crippen LogP) is 6.56. The number of hydrogen-bond donors (Lipinski definition) is 1. The third kappa shape index (κ3) is 4.71. The predicted molar refractivity (Wildman–Crippen MR) is 114 cm³/mol. The van der Waals surface area contributed by atoms with Crippen LogP contribution in [0.5, 0.6) is 11.5 Å². The molecule has 0 saturated heterocycles. The third-order valence-electron chi connectivity index (χ3n) is 4.60. The van der Waals surface area contributed by atoms with Gasteiger partial charge in [-0.3, -0.25) is 0 Å². The first-order chi connectivity index (χ1) is 13.0. The first-order valence-electron chi connectivity index (χ1n) is 9.62. The van der Waals surface area contributed by atoms with E-state index in [1.54, 1.807) is 12.1 Å². The topological polar surface area (TPSA) is 29.5 Å². The quantitative estimate of drug-likeness (QED) is 0.521. The van der Waals surface area contributed by atoms with E-state index < -0.39 is 0 Å². The largest absolute Gasteiger partial charge is 0.508 e. The Balaban J connectivity index is 0.00000126. The standard InChI is InChI=1S/C23H24O2.C2H6/c1-17(2)25-22-15-11-20(12-16-22)23(3,18-7-5-4-6-8-18)19-9-13-21(24)14-10-19;1-2/h4-17,24H,1-3H3;1-2H3. The van der Waals surface area contributed by atoms with E-state index in [4.69, 9.17) is 4.74 Å². The first-order valence-corrected chi connectivity index (χ1v) is 9.62. The lowest BCUT2D eigenvalue weighted by molar-refractivity contribution is 0.242. The summed E-state index contributed by atoms with van der Waals surface area (Å²) in [5.74, 6) is 1.15. The molecule has 1 N–H and O–H groups in total. The highest BCUT2D eigenvalue weighted by Crippen LogP contribution is 2.39. The van der Waals surface area contributed by atoms with Gasteiger partial charge in [0.15, 0.2) is 0 Å². The highest BCUT2D eigenvalue weighted by atomic mass is 16.5. The van der Waals surface area contributed by atoms with Crippen LogP contribution in [0.4, 0.5) is 0 Å². The van der Waals surface area contributed by atoms with Crippen molar-refractivity contribution >= 4 is 0 Å². The second kappa shape index (κ2) is 9.27. The van der Waals surface area contributed by atoms with Crippen LogP contribution >= 0.6 is 0 Å². The summed E-state index contributed by atoms with van der Waals surface area (Å²) < 4.78 is 5.78. The van der Waals surface area contributed by atoms with Crippen LogP contribution in [0, 0.1) is 0 Å². The molecule has 3 aromatic rings. The Morgan fingerprint density at radius 3 is 1.63 bits per heavy atom. The Kier molecular flexibility index (Phi) is 7.06. The molecule has 3 rings (SSSR count). The van der Waals surface area contributed by atoms with Crippen molar-refractivity contribution in [1.82, 2.24) is 0 Å². The van der Waals surface area contributed by atoms with Gasteiger partial charge in [-0.05, 0) is 61.7 Å². The van der Waals surface area contributed by atoms with Crippen LogP contribution < -0.4 is 4.74 Å². The van der Waals surface area contributed by atoms with Crippen LogP contribution in [0.1, 0.15) is 51.3 Å². The molecule has 0 saturated carbocycles. The van der Waals surface area contributed by atoms with Crippen LogP contribution in [0.2, 0.25) is 0 Å². The maximum absolute atomic E-state index is 9.67. The molecule has 0 amide bonds. The molecule has 0 heterocycles. The van der Waals surface area contributed by atoms with Gasteiger partial charge in [0.05, 0.1) is 6.10 Å². The van der Waals surface area contributed by atoms with Crippen molar-refractivity contribution < 1.29 is 9.84 Å². The number of rotatable bonds is 5. The fourth-order valence-corrected chi connectivity index (χ4v) is 3.21. The van der Waals surface area contributed by atoms with Crippen LogP contribution in [0.3, 0.4) is 0 Å². The summed E-state index contributed by atoms with van der Waals surface area (Å²) in [6.45, 7) is 10.3. The van der Waals surface area contributed by atoms with Gasteiger partial charge in [-0.15, -0.1) is 0 Å². The average molecular weight is 363 g/mol. The van der Waals surface area contributed by atoms with Gasteiger partial charge in [0, 0.05) is 5.41 Å². The van der Waals surface area contributed by atoms with Gasteiger partial charge in [-0.2, -0.15) is 0 Å². The normalized spacial score (nSPS) is 12.7. The van der Waals surface area contributed by atoms with Gasteiger partial charge >= 0.3 is 0 Å². The molecule has 3 aromatic carbocycles. The molecule has 0 aromatic heterocycles. The zero-order chi connectivity index (χ0) is 19.9. The molecule has 142 valence electrons. The van der Waals surface area contributed by atoms with Crippen LogP contribution in [0.25, 0.3) is 0 Å². The molecule has 2 heteroatoms. The molecular weight excluding hydrogens is 332 g/mol. The molecule has 0 bridgehead atoms. The molecule has 1 unspecified atom stereocenters. The first kappa shape index (κ1) is 20.6. The third-order valence-corrected chi connectivity index (χ3v) is 4.60. The second-order valence-corrected chi connectivity index (χ2v) is 6.73. The summed E-state index contributed by atoms with van der Waals surface area (Å²) in [6.07, 6.45) is 0.156. The zero-order valence-electron chi connectivity index (χ0n) is 16.9. The minimum absolute atomic E-state index is 0.156. The summed E-state index contributed by atoms with van der Waals surface area (Å²) >= 11 is 0. The molecule has 2 nitrogen and oxygen atoms in total. The Morgan fingerprint density at radius 2 is 1.15 bits per heavy atom. The number of benzene rings is 3. The average Bonchev–Trinajstić information content (AvgIpc) is 2.70. The second-order valence-electron chi connectivity index (χ2n) is 6.73. The van der Waals surface area contributed by atoms with E-state index in [2.05, 4.69) is 43.3 Å². The van der Waals surface area contributed by atoms with E-state index in [0.717, 1.165) is 11.3 Å². The fraction of sp³-hybridized carbons (Fsp3) is 0.280. The highest BCUT2D eigenvalue weighted by Gasteiger charge is 2.31. The fourth-order valence-electron chi connectivity index (χ4n) is 3.21. The van der Waals surface area contributed by atoms with E-state index >= 15 is 0 Å². The van der Waals surface area contributed by atoms with Crippen molar-refractivity contribution in [2.24, 2.45) is 0 Å². The Labute approximate surface area is 163 Å². The van der Waals surface area contributed by atoms with Gasteiger partial charge in [0.25, 0.3) is 0 Å². The van der Waals surface area contributed by atoms with Crippen LogP contribution in [-0.4, -0.2) is 11.2 Å². The van der Waals surface area contributed by atoms with Crippen molar-refractivity contribution in [2.45, 2.75) is 46.1 Å². The van der Waals surface area contributed by atoms with E-state index in [1.807, 2.05) is 58.0 Å². The van der Waals surface area contributed by atoms with Crippen LogP contribution in [-0.2, 0) is 5.41 Å². The molecule has 0 radical (unpaired) electrons. The van der Waals surface area contributed by atoms with Crippen molar-refractivity contribution in [3.05, 3.63) is 95.6 Å². The molecule has 1 atom stereocenters. The van der Waals surface area contributed by atoms with E-state index in [1.165, 1.54) is 11.1 Å². The van der Waals surface area contributed by atoms with Crippen molar-refractivity contribution in [3.8, 4) is 11.5 Å². The summed E-state index contributed by atoms with van der Waals surface area (Å²) in [5, 5.41) is 9.67. The maximum atomic E-state index is 9.67. The highest BCUT2D eigenvalue weighted by molar-refractivity contribution is 5.51. The van der Waals surface area contributed by atoms with E-state index in [-0.39, 0.29) is 17.3 Å². The molecule has 0 aliphatic heterocycles. The lowest BCUT2D eigenvalue weighted by atomic mass is 9.71. The van der Waals surface area contributed by atoms with Gasteiger partial charge in [0.1, 0.15) is 11.5 Å². The smallest absolute Gasteiger partial charge is 0.119 e. The van der Waals surface area contributed by atoms with E-state index in [9.17, 15) is 5.11 Å². The number of ether oxygens (including phenoxy) is 1. The minimum Gasteiger partial charge on any atom is -0.508 e. The Hall–Kier alpha value is -2.74. The molecule has 0 spiro atoms. The maximum Gasteiger partial charge on any atom is 0.119 e. The summed E-state index contributed by atoms with van der Waals surface area (Å²) in [6, 6.07) is 26.2. The minimum atomic E-state index is -0.314. The summed E-state index contributed by atoms with van der Waals surface area (Å²) in [5.41, 5.74) is 3.21. The van der Waals surface area contributed by atoms with Crippen LogP contribution in [0.15, 0.2) is 78.9 Å². The van der Waals surface area contributed by atoms with Gasteiger partial charge in [-0.1, -0.05) is 68.4 Å². The number of aromatic hydroxyl groups is 1. The zero-order valence-corrected chi connectivity index (χ0v) is 16.9. The number of phenolic OH excluding ortho intramolecular Hbond substituents is 1. The molecule has 0 aliphatic rings. The van der Waals surface area contributed by atoms with Crippen molar-refractivity contribution in [3.63, 3.8) is 0 Å². The molecular formula is C25H30O2. The summed E-state index contributed by atoms with van der Waals surface area (Å²) in [4.78, 5) is 0. The number of hydrogen-bond acceptors (Lipinski definition) is 2. The van der Waals surface area contributed by atoms with Crippen molar-refractivity contribution in [1.29, 1.82) is 0 Å². The molecule has 27 heavy (non-hydrogen) atoms. The molecule has 0 fully saturated rings. The SMILES string of the molecule is CC.CC(C)Oc1ccc(C(C)(c2ccccc2)c2ccc(O)cc2)cc1. The monoisotopic (exact) mass is 362 g/mol. The van der Waals surface area contributed by atoms with Gasteiger partial charge < -0.3 is 9.84 Å². The van der Waals surface area contributed by atoms with E-state index in [0.29, 0.717) is 0 Å². The van der Waals surface area contributed by atoms with Crippen molar-refractivity contribution in [2.75, 3.05) is 0 Å². The number of phenols is 1. The van der Waals surface area contributed by atoms with Gasteiger partial charge in [-0.25, -0.2) is 0 Å². The lowest BCUT2D eigenvalue weighted by Gasteiger charge is -2.32. The lowest BCUT2D eigenvalue weighted by Crippen LogP contribution is -2.25. The van der Waals surface area contributed by atoms with Gasteiger partial charge in [0.2, 0.25) is 0 Å².